The molecule has 2 aromatic rings. The van der Waals surface area contributed by atoms with E-state index >= 15 is 0 Å². The summed E-state index contributed by atoms with van der Waals surface area (Å²) in [5.74, 6) is 1.70. The summed E-state index contributed by atoms with van der Waals surface area (Å²) in [7, 11) is 3.38. The van der Waals surface area contributed by atoms with Gasteiger partial charge in [0, 0.05) is 44.0 Å². The van der Waals surface area contributed by atoms with Gasteiger partial charge < -0.3 is 25.4 Å². The summed E-state index contributed by atoms with van der Waals surface area (Å²) in [6.45, 7) is 2.48. The Kier molecular flexibility index (Phi) is 6.41. The molecule has 1 aliphatic heterocycles. The summed E-state index contributed by atoms with van der Waals surface area (Å²) < 4.78 is 5.23. The van der Waals surface area contributed by atoms with E-state index in [4.69, 9.17) is 4.74 Å². The van der Waals surface area contributed by atoms with E-state index in [0.717, 1.165) is 43.2 Å². The van der Waals surface area contributed by atoms with Crippen molar-refractivity contribution in [2.24, 2.45) is 4.99 Å². The van der Waals surface area contributed by atoms with Crippen molar-refractivity contribution in [3.8, 4) is 11.5 Å². The van der Waals surface area contributed by atoms with Gasteiger partial charge in [-0.3, -0.25) is 4.99 Å². The van der Waals surface area contributed by atoms with Crippen LogP contribution >= 0.6 is 0 Å². The van der Waals surface area contributed by atoms with Crippen LogP contribution in [0, 0.1) is 0 Å². The predicted octanol–water partition coefficient (Wildman–Crippen LogP) is 2.73. The third kappa shape index (κ3) is 5.06. The zero-order valence-corrected chi connectivity index (χ0v) is 16.0. The molecule has 27 heavy (non-hydrogen) atoms. The largest absolute Gasteiger partial charge is 0.508 e. The van der Waals surface area contributed by atoms with Crippen LogP contribution < -0.4 is 20.3 Å². The van der Waals surface area contributed by atoms with E-state index in [-0.39, 0.29) is 5.75 Å². The van der Waals surface area contributed by atoms with Crippen molar-refractivity contribution in [2.45, 2.75) is 25.4 Å². The van der Waals surface area contributed by atoms with Crippen molar-refractivity contribution < 1.29 is 9.84 Å². The van der Waals surface area contributed by atoms with Gasteiger partial charge in [0.25, 0.3) is 0 Å². The molecule has 0 aromatic heterocycles. The van der Waals surface area contributed by atoms with Crippen molar-refractivity contribution in [1.82, 2.24) is 10.6 Å². The van der Waals surface area contributed by atoms with Gasteiger partial charge in [0.1, 0.15) is 11.5 Å². The zero-order chi connectivity index (χ0) is 19.1. The summed E-state index contributed by atoms with van der Waals surface area (Å²) in [5.41, 5.74) is 2.03. The summed E-state index contributed by atoms with van der Waals surface area (Å²) in [6, 6.07) is 16.0. The van der Waals surface area contributed by atoms with Gasteiger partial charge in [0.05, 0.1) is 7.11 Å². The molecule has 0 amide bonds. The smallest absolute Gasteiger partial charge is 0.191 e. The van der Waals surface area contributed by atoms with Gasteiger partial charge in [-0.2, -0.15) is 0 Å². The van der Waals surface area contributed by atoms with Gasteiger partial charge in [-0.15, -0.1) is 0 Å². The van der Waals surface area contributed by atoms with Crippen LogP contribution in [0.5, 0.6) is 11.5 Å². The minimum absolute atomic E-state index is 0.242. The topological polar surface area (TPSA) is 69.1 Å². The van der Waals surface area contributed by atoms with Crippen LogP contribution in [0.4, 0.5) is 5.69 Å². The number of aromatic hydroxyl groups is 1. The maximum atomic E-state index is 10.0. The SMILES string of the molecule is CN=C(NCc1cc(OC)ccc1O)NC1CCCN(c2ccccc2)C1. The molecule has 1 atom stereocenters. The van der Waals surface area contributed by atoms with Crippen LogP contribution in [0.2, 0.25) is 0 Å². The number of hydrogen-bond donors (Lipinski definition) is 3. The first kappa shape index (κ1) is 18.9. The van der Waals surface area contributed by atoms with E-state index in [0.29, 0.717) is 12.6 Å². The fourth-order valence-corrected chi connectivity index (χ4v) is 3.37. The molecule has 1 heterocycles. The highest BCUT2D eigenvalue weighted by molar-refractivity contribution is 5.80. The molecule has 144 valence electrons. The van der Waals surface area contributed by atoms with E-state index in [1.54, 1.807) is 26.3 Å². The Hall–Kier alpha value is -2.89. The van der Waals surface area contributed by atoms with Crippen molar-refractivity contribution in [3.63, 3.8) is 0 Å². The molecule has 3 rings (SSSR count). The number of benzene rings is 2. The average molecular weight is 368 g/mol. The molecule has 1 saturated heterocycles. The number of hydrogen-bond acceptors (Lipinski definition) is 4. The minimum Gasteiger partial charge on any atom is -0.508 e. The molecule has 1 unspecified atom stereocenters. The normalized spacial score (nSPS) is 17.5. The number of phenolic OH excluding ortho intramolecular Hbond substituents is 1. The second-order valence-electron chi connectivity index (χ2n) is 6.69. The summed E-state index contributed by atoms with van der Waals surface area (Å²) >= 11 is 0. The number of rotatable bonds is 5. The van der Waals surface area contributed by atoms with Crippen molar-refractivity contribution in [1.29, 1.82) is 0 Å². The Morgan fingerprint density at radius 3 is 2.81 bits per heavy atom. The molecule has 1 fully saturated rings. The number of nitrogens with zero attached hydrogens (tertiary/aromatic N) is 2. The molecule has 0 radical (unpaired) electrons. The van der Waals surface area contributed by atoms with Gasteiger partial charge in [-0.05, 0) is 43.2 Å². The number of nitrogens with one attached hydrogen (secondary N) is 2. The molecule has 0 bridgehead atoms. The van der Waals surface area contributed by atoms with Crippen molar-refractivity contribution >= 4 is 11.6 Å². The number of aliphatic imine (C=N–C) groups is 1. The Morgan fingerprint density at radius 1 is 1.26 bits per heavy atom. The molecule has 1 aliphatic rings. The fraction of sp³-hybridized carbons (Fsp3) is 0.381. The van der Waals surface area contributed by atoms with Crippen molar-refractivity contribution in [2.75, 3.05) is 32.1 Å². The number of phenols is 1. The van der Waals surface area contributed by atoms with Gasteiger partial charge in [0.2, 0.25) is 0 Å². The maximum Gasteiger partial charge on any atom is 0.191 e. The van der Waals surface area contributed by atoms with E-state index in [1.165, 1.54) is 5.69 Å². The van der Waals surface area contributed by atoms with Gasteiger partial charge in [-0.1, -0.05) is 18.2 Å². The third-order valence-electron chi connectivity index (χ3n) is 4.84. The van der Waals surface area contributed by atoms with Crippen LogP contribution in [-0.2, 0) is 6.54 Å². The number of methoxy groups -OCH3 is 1. The minimum atomic E-state index is 0.242. The summed E-state index contributed by atoms with van der Waals surface area (Å²) in [4.78, 5) is 6.74. The monoisotopic (exact) mass is 368 g/mol. The van der Waals surface area contributed by atoms with Crippen molar-refractivity contribution in [3.05, 3.63) is 54.1 Å². The van der Waals surface area contributed by atoms with Gasteiger partial charge >= 0.3 is 0 Å². The van der Waals surface area contributed by atoms with Gasteiger partial charge in [0.15, 0.2) is 5.96 Å². The molecule has 6 heteroatoms. The third-order valence-corrected chi connectivity index (χ3v) is 4.84. The van der Waals surface area contributed by atoms with Crippen LogP contribution in [0.15, 0.2) is 53.5 Å². The Balaban J connectivity index is 1.57. The molecule has 0 spiro atoms. The highest BCUT2D eigenvalue weighted by Crippen LogP contribution is 2.23. The molecule has 0 aliphatic carbocycles. The predicted molar refractivity (Wildman–Crippen MR) is 110 cm³/mol. The standard InChI is InChI=1S/C21H28N4O2/c1-22-21(23-14-16-13-19(27-2)10-11-20(16)26)24-17-7-6-12-25(15-17)18-8-4-3-5-9-18/h3-5,8-11,13,17,26H,6-7,12,14-15H2,1-2H3,(H2,22,23,24). The molecular weight excluding hydrogens is 340 g/mol. The second kappa shape index (κ2) is 9.16. The molecule has 2 aromatic carbocycles. The number of ether oxygens (including phenoxy) is 1. The summed E-state index contributed by atoms with van der Waals surface area (Å²) in [5, 5.41) is 16.8. The highest BCUT2D eigenvalue weighted by Gasteiger charge is 2.21. The van der Waals surface area contributed by atoms with Crippen LogP contribution in [0.1, 0.15) is 18.4 Å². The lowest BCUT2D eigenvalue weighted by molar-refractivity contribution is 0.410. The lowest BCUT2D eigenvalue weighted by Gasteiger charge is -2.35. The second-order valence-corrected chi connectivity index (χ2v) is 6.69. The van der Waals surface area contributed by atoms with Gasteiger partial charge in [-0.25, -0.2) is 0 Å². The number of guanidine groups is 1. The zero-order valence-electron chi connectivity index (χ0n) is 16.0. The molecule has 0 saturated carbocycles. The summed E-state index contributed by atoms with van der Waals surface area (Å²) in [6.07, 6.45) is 2.24. The Morgan fingerprint density at radius 2 is 2.07 bits per heavy atom. The fourth-order valence-electron chi connectivity index (χ4n) is 3.37. The Labute approximate surface area is 160 Å². The van der Waals surface area contributed by atoms with E-state index < -0.39 is 0 Å². The highest BCUT2D eigenvalue weighted by atomic mass is 16.5. The van der Waals surface area contributed by atoms with E-state index in [2.05, 4.69) is 44.8 Å². The number of piperidine rings is 1. The number of anilines is 1. The molecular formula is C21H28N4O2. The Bertz CT molecular complexity index is 764. The lowest BCUT2D eigenvalue weighted by atomic mass is 10.0. The average Bonchev–Trinajstić information content (AvgIpc) is 2.73. The first-order chi connectivity index (χ1) is 13.2. The molecule has 3 N–H and O–H groups in total. The first-order valence-corrected chi connectivity index (χ1v) is 9.32. The molecule has 6 nitrogen and oxygen atoms in total. The van der Waals surface area contributed by atoms with E-state index in [1.807, 2.05) is 12.1 Å². The maximum absolute atomic E-state index is 10.0. The quantitative estimate of drug-likeness (QED) is 0.559. The number of para-hydroxylation sites is 1. The van der Waals surface area contributed by atoms with Crippen LogP contribution in [0.25, 0.3) is 0 Å². The van der Waals surface area contributed by atoms with E-state index in [9.17, 15) is 5.11 Å². The van der Waals surface area contributed by atoms with Crippen LogP contribution in [0.3, 0.4) is 0 Å². The lowest BCUT2D eigenvalue weighted by Crippen LogP contribution is -2.51. The first-order valence-electron chi connectivity index (χ1n) is 9.32. The van der Waals surface area contributed by atoms with Crippen LogP contribution in [-0.4, -0.2) is 44.4 Å².